The predicted molar refractivity (Wildman–Crippen MR) is 80.7 cm³/mol. The summed E-state index contributed by atoms with van der Waals surface area (Å²) >= 11 is 0. The zero-order valence-corrected chi connectivity index (χ0v) is 12.2. The van der Waals surface area contributed by atoms with Crippen LogP contribution in [-0.2, 0) is 6.54 Å². The van der Waals surface area contributed by atoms with Gasteiger partial charge in [0.15, 0.2) is 0 Å². The van der Waals surface area contributed by atoms with E-state index in [1.54, 1.807) is 0 Å². The van der Waals surface area contributed by atoms with Crippen LogP contribution in [0.1, 0.15) is 26.0 Å². The van der Waals surface area contributed by atoms with Gasteiger partial charge in [0, 0.05) is 25.4 Å². The molecule has 0 radical (unpaired) electrons. The standard InChI is InChI=1S/C16H23N3O/c1-13(2)16(9-11-20)17-12-14-8-10-19(18-14)15-6-4-3-5-7-15/h3-8,10,13,16-17,20H,9,11-12H2,1-2H3. The first-order valence-electron chi connectivity index (χ1n) is 7.15. The fourth-order valence-electron chi connectivity index (χ4n) is 2.23. The number of nitrogens with one attached hydrogen (secondary N) is 1. The van der Waals surface area contributed by atoms with Gasteiger partial charge in [-0.05, 0) is 30.5 Å². The van der Waals surface area contributed by atoms with E-state index in [0.29, 0.717) is 12.0 Å². The first-order valence-corrected chi connectivity index (χ1v) is 7.15. The molecule has 1 aromatic carbocycles. The number of nitrogens with zero attached hydrogens (tertiary/aromatic N) is 2. The van der Waals surface area contributed by atoms with Gasteiger partial charge in [-0.2, -0.15) is 5.10 Å². The molecular formula is C16H23N3O. The molecule has 0 saturated carbocycles. The first-order chi connectivity index (χ1) is 9.70. The lowest BCUT2D eigenvalue weighted by molar-refractivity contribution is 0.243. The second kappa shape index (κ2) is 7.22. The zero-order valence-electron chi connectivity index (χ0n) is 12.2. The summed E-state index contributed by atoms with van der Waals surface area (Å²) in [6.07, 6.45) is 2.75. The Morgan fingerprint density at radius 3 is 2.60 bits per heavy atom. The third-order valence-electron chi connectivity index (χ3n) is 3.46. The first kappa shape index (κ1) is 14.8. The van der Waals surface area contributed by atoms with Crippen molar-refractivity contribution in [2.75, 3.05) is 6.61 Å². The van der Waals surface area contributed by atoms with Gasteiger partial charge in [-0.3, -0.25) is 0 Å². The van der Waals surface area contributed by atoms with Crippen LogP contribution in [0.2, 0.25) is 0 Å². The maximum Gasteiger partial charge on any atom is 0.0766 e. The van der Waals surface area contributed by atoms with Gasteiger partial charge in [0.1, 0.15) is 0 Å². The third kappa shape index (κ3) is 3.92. The van der Waals surface area contributed by atoms with Crippen molar-refractivity contribution >= 4 is 0 Å². The molecule has 108 valence electrons. The van der Waals surface area contributed by atoms with E-state index in [1.807, 2.05) is 47.3 Å². The van der Waals surface area contributed by atoms with Gasteiger partial charge in [0.25, 0.3) is 0 Å². The van der Waals surface area contributed by atoms with E-state index in [-0.39, 0.29) is 6.61 Å². The normalized spacial score (nSPS) is 12.8. The van der Waals surface area contributed by atoms with Crippen LogP contribution < -0.4 is 5.32 Å². The molecule has 1 heterocycles. The summed E-state index contributed by atoms with van der Waals surface area (Å²) in [5.74, 6) is 0.498. The number of para-hydroxylation sites is 1. The van der Waals surface area contributed by atoms with E-state index in [4.69, 9.17) is 5.11 Å². The molecule has 1 aromatic heterocycles. The molecule has 4 heteroatoms. The molecule has 0 amide bonds. The quantitative estimate of drug-likeness (QED) is 0.814. The predicted octanol–water partition coefficient (Wildman–Crippen LogP) is 2.37. The number of aromatic nitrogens is 2. The zero-order chi connectivity index (χ0) is 14.4. The van der Waals surface area contributed by atoms with E-state index in [1.165, 1.54) is 0 Å². The van der Waals surface area contributed by atoms with Crippen molar-refractivity contribution in [2.24, 2.45) is 5.92 Å². The van der Waals surface area contributed by atoms with Crippen LogP contribution in [0.25, 0.3) is 5.69 Å². The van der Waals surface area contributed by atoms with Gasteiger partial charge in [0.05, 0.1) is 11.4 Å². The van der Waals surface area contributed by atoms with E-state index in [9.17, 15) is 0 Å². The van der Waals surface area contributed by atoms with Gasteiger partial charge in [-0.15, -0.1) is 0 Å². The average molecular weight is 273 g/mol. The molecule has 0 aliphatic heterocycles. The van der Waals surface area contributed by atoms with Gasteiger partial charge < -0.3 is 10.4 Å². The van der Waals surface area contributed by atoms with Gasteiger partial charge in [-0.25, -0.2) is 4.68 Å². The number of rotatable bonds is 7. The highest BCUT2D eigenvalue weighted by molar-refractivity contribution is 5.30. The molecule has 0 saturated heterocycles. The monoisotopic (exact) mass is 273 g/mol. The van der Waals surface area contributed by atoms with Crippen LogP contribution in [-0.4, -0.2) is 27.5 Å². The van der Waals surface area contributed by atoms with Crippen LogP contribution in [0.15, 0.2) is 42.6 Å². The SMILES string of the molecule is CC(C)C(CCO)NCc1ccn(-c2ccccc2)n1. The molecule has 0 aliphatic rings. The van der Waals surface area contributed by atoms with Crippen LogP contribution in [0.4, 0.5) is 0 Å². The summed E-state index contributed by atoms with van der Waals surface area (Å²) in [4.78, 5) is 0. The number of aliphatic hydroxyl groups excluding tert-OH is 1. The fourth-order valence-corrected chi connectivity index (χ4v) is 2.23. The van der Waals surface area contributed by atoms with Gasteiger partial charge >= 0.3 is 0 Å². The average Bonchev–Trinajstić information content (AvgIpc) is 2.93. The minimum atomic E-state index is 0.217. The van der Waals surface area contributed by atoms with E-state index in [0.717, 1.165) is 24.3 Å². The highest BCUT2D eigenvalue weighted by atomic mass is 16.3. The Kier molecular flexibility index (Phi) is 5.32. The smallest absolute Gasteiger partial charge is 0.0766 e. The van der Waals surface area contributed by atoms with Crippen molar-refractivity contribution in [3.05, 3.63) is 48.3 Å². The van der Waals surface area contributed by atoms with Gasteiger partial charge in [0.2, 0.25) is 0 Å². The largest absolute Gasteiger partial charge is 0.396 e. The van der Waals surface area contributed by atoms with Crippen molar-refractivity contribution < 1.29 is 5.11 Å². The fraction of sp³-hybridized carbons (Fsp3) is 0.438. The lowest BCUT2D eigenvalue weighted by Crippen LogP contribution is -2.34. The van der Waals surface area contributed by atoms with Crippen molar-refractivity contribution in [1.29, 1.82) is 0 Å². The maximum atomic E-state index is 9.08. The molecule has 2 N–H and O–H groups in total. The Morgan fingerprint density at radius 1 is 1.20 bits per heavy atom. The van der Waals surface area contributed by atoms with Crippen LogP contribution in [0, 0.1) is 5.92 Å². The Bertz CT molecular complexity index is 507. The third-order valence-corrected chi connectivity index (χ3v) is 3.46. The van der Waals surface area contributed by atoms with Crippen molar-refractivity contribution in [3.8, 4) is 5.69 Å². The minimum absolute atomic E-state index is 0.217. The summed E-state index contributed by atoms with van der Waals surface area (Å²) in [5, 5.41) is 17.1. The number of hydrogen-bond acceptors (Lipinski definition) is 3. The summed E-state index contributed by atoms with van der Waals surface area (Å²) in [7, 11) is 0. The minimum Gasteiger partial charge on any atom is -0.396 e. The molecule has 20 heavy (non-hydrogen) atoms. The summed E-state index contributed by atoms with van der Waals surface area (Å²) < 4.78 is 1.88. The molecule has 0 aliphatic carbocycles. The molecule has 2 aromatic rings. The van der Waals surface area contributed by atoms with Crippen LogP contribution in [0.5, 0.6) is 0 Å². The second-order valence-electron chi connectivity index (χ2n) is 5.33. The molecule has 1 unspecified atom stereocenters. The number of hydrogen-bond donors (Lipinski definition) is 2. The second-order valence-corrected chi connectivity index (χ2v) is 5.33. The summed E-state index contributed by atoms with van der Waals surface area (Å²) in [6.45, 7) is 5.27. The van der Waals surface area contributed by atoms with Crippen molar-refractivity contribution in [1.82, 2.24) is 15.1 Å². The Labute approximate surface area is 120 Å². The molecule has 0 fully saturated rings. The van der Waals surface area contributed by atoms with E-state index in [2.05, 4.69) is 24.3 Å². The lowest BCUT2D eigenvalue weighted by atomic mass is 10.0. The van der Waals surface area contributed by atoms with Crippen molar-refractivity contribution in [2.45, 2.75) is 32.9 Å². The van der Waals surface area contributed by atoms with Crippen molar-refractivity contribution in [3.63, 3.8) is 0 Å². The summed E-state index contributed by atoms with van der Waals surface area (Å²) in [6, 6.07) is 12.4. The maximum absolute atomic E-state index is 9.08. The lowest BCUT2D eigenvalue weighted by Gasteiger charge is -2.20. The molecular weight excluding hydrogens is 250 g/mol. The van der Waals surface area contributed by atoms with E-state index < -0.39 is 0 Å². The Hall–Kier alpha value is -1.65. The highest BCUT2D eigenvalue weighted by Crippen LogP contribution is 2.09. The molecule has 4 nitrogen and oxygen atoms in total. The topological polar surface area (TPSA) is 50.1 Å². The molecule has 2 rings (SSSR count). The molecule has 0 spiro atoms. The van der Waals surface area contributed by atoms with Crippen LogP contribution >= 0.6 is 0 Å². The molecule has 0 bridgehead atoms. The molecule has 1 atom stereocenters. The number of benzene rings is 1. The Morgan fingerprint density at radius 2 is 1.95 bits per heavy atom. The van der Waals surface area contributed by atoms with E-state index >= 15 is 0 Å². The summed E-state index contributed by atoms with van der Waals surface area (Å²) in [5.41, 5.74) is 2.08. The highest BCUT2D eigenvalue weighted by Gasteiger charge is 2.12. The Balaban J connectivity index is 1.96. The van der Waals surface area contributed by atoms with Crippen LogP contribution in [0.3, 0.4) is 0 Å². The van der Waals surface area contributed by atoms with Gasteiger partial charge in [-0.1, -0.05) is 32.0 Å². The number of aliphatic hydroxyl groups is 1.